The monoisotopic (exact) mass is 233 g/mol. The molecule has 0 amide bonds. The minimum absolute atomic E-state index is 0.489. The number of benzene rings is 1. The molecule has 0 aliphatic rings. The summed E-state index contributed by atoms with van der Waals surface area (Å²) in [5.74, 6) is -0.571. The number of hydrogen-bond donors (Lipinski definition) is 2. The first-order chi connectivity index (χ1) is 8.08. The highest BCUT2D eigenvalue weighted by molar-refractivity contribution is 5.75. The SMILES string of the molecule is Cn1nnc(-c2ccc(C(N)C(=O)O)cc2)n1. The fraction of sp³-hybridized carbons (Fsp3) is 0.200. The largest absolute Gasteiger partial charge is 0.480 e. The number of aryl methyl sites for hydroxylation is 1. The first-order valence-corrected chi connectivity index (χ1v) is 4.90. The molecule has 1 heterocycles. The number of nitrogens with zero attached hydrogens (tertiary/aromatic N) is 4. The van der Waals surface area contributed by atoms with E-state index in [0.29, 0.717) is 11.4 Å². The lowest BCUT2D eigenvalue weighted by molar-refractivity contribution is -0.138. The van der Waals surface area contributed by atoms with Gasteiger partial charge in [-0.2, -0.15) is 4.80 Å². The van der Waals surface area contributed by atoms with Crippen LogP contribution >= 0.6 is 0 Å². The van der Waals surface area contributed by atoms with Gasteiger partial charge in [0.25, 0.3) is 0 Å². The van der Waals surface area contributed by atoms with Crippen LogP contribution in [0.4, 0.5) is 0 Å². The zero-order valence-electron chi connectivity index (χ0n) is 9.11. The van der Waals surface area contributed by atoms with E-state index in [2.05, 4.69) is 15.4 Å². The predicted molar refractivity (Wildman–Crippen MR) is 58.8 cm³/mol. The van der Waals surface area contributed by atoms with Crippen molar-refractivity contribution in [1.29, 1.82) is 0 Å². The first-order valence-electron chi connectivity index (χ1n) is 4.90. The standard InChI is InChI=1S/C10H11N5O2/c1-15-13-9(12-14-15)7-4-2-6(3-5-7)8(11)10(16)17/h2-5,8H,11H2,1H3,(H,16,17). The van der Waals surface area contributed by atoms with Crippen LogP contribution in [0.1, 0.15) is 11.6 Å². The molecule has 2 rings (SSSR count). The molecule has 3 N–H and O–H groups in total. The van der Waals surface area contributed by atoms with Gasteiger partial charge >= 0.3 is 5.97 Å². The van der Waals surface area contributed by atoms with E-state index in [1.165, 1.54) is 4.80 Å². The summed E-state index contributed by atoms with van der Waals surface area (Å²) in [7, 11) is 1.67. The summed E-state index contributed by atoms with van der Waals surface area (Å²) in [6, 6.07) is 5.71. The maximum Gasteiger partial charge on any atom is 0.325 e. The van der Waals surface area contributed by atoms with E-state index in [-0.39, 0.29) is 0 Å². The summed E-state index contributed by atoms with van der Waals surface area (Å²) >= 11 is 0. The van der Waals surface area contributed by atoms with Crippen molar-refractivity contribution >= 4 is 5.97 Å². The van der Waals surface area contributed by atoms with Gasteiger partial charge in [-0.15, -0.1) is 10.2 Å². The van der Waals surface area contributed by atoms with Gasteiger partial charge in [0.15, 0.2) is 0 Å². The van der Waals surface area contributed by atoms with Crippen LogP contribution in [0.3, 0.4) is 0 Å². The Bertz CT molecular complexity index is 534. The quantitative estimate of drug-likeness (QED) is 0.770. The van der Waals surface area contributed by atoms with Crippen molar-refractivity contribution in [2.45, 2.75) is 6.04 Å². The van der Waals surface area contributed by atoms with Crippen molar-refractivity contribution in [2.24, 2.45) is 12.8 Å². The molecule has 1 atom stereocenters. The predicted octanol–water partition coefficient (Wildman–Crippen LogP) is -0.0385. The molecule has 0 fully saturated rings. The van der Waals surface area contributed by atoms with Crippen molar-refractivity contribution in [1.82, 2.24) is 20.2 Å². The van der Waals surface area contributed by atoms with Gasteiger partial charge in [-0.25, -0.2) is 0 Å². The molecule has 88 valence electrons. The van der Waals surface area contributed by atoms with Gasteiger partial charge in [-0.1, -0.05) is 24.3 Å². The average molecular weight is 233 g/mol. The fourth-order valence-electron chi connectivity index (χ4n) is 1.38. The number of carbonyl (C=O) groups is 1. The maximum absolute atomic E-state index is 10.7. The van der Waals surface area contributed by atoms with E-state index < -0.39 is 12.0 Å². The van der Waals surface area contributed by atoms with Crippen molar-refractivity contribution in [3.8, 4) is 11.4 Å². The number of rotatable bonds is 3. The number of aliphatic carboxylic acids is 1. The molecule has 7 heteroatoms. The second kappa shape index (κ2) is 4.30. The highest BCUT2D eigenvalue weighted by Gasteiger charge is 2.14. The van der Waals surface area contributed by atoms with Gasteiger partial charge in [-0.3, -0.25) is 4.79 Å². The van der Waals surface area contributed by atoms with Crippen molar-refractivity contribution in [3.63, 3.8) is 0 Å². The minimum atomic E-state index is -1.06. The third kappa shape index (κ3) is 2.28. The van der Waals surface area contributed by atoms with Crippen molar-refractivity contribution in [3.05, 3.63) is 29.8 Å². The third-order valence-electron chi connectivity index (χ3n) is 2.30. The molecule has 1 aromatic carbocycles. The summed E-state index contributed by atoms with van der Waals surface area (Å²) in [6.07, 6.45) is 0. The molecule has 0 saturated carbocycles. The van der Waals surface area contributed by atoms with E-state index in [1.54, 1.807) is 31.3 Å². The number of carboxylic acid groups (broad SMARTS) is 1. The van der Waals surface area contributed by atoms with Gasteiger partial charge in [0, 0.05) is 5.56 Å². The maximum atomic E-state index is 10.7. The number of nitrogens with two attached hydrogens (primary N) is 1. The molecule has 0 aliphatic carbocycles. The Kier molecular flexibility index (Phi) is 2.84. The second-order valence-corrected chi connectivity index (χ2v) is 3.54. The molecule has 0 spiro atoms. The zero-order valence-corrected chi connectivity index (χ0v) is 9.11. The van der Waals surface area contributed by atoms with Gasteiger partial charge in [-0.05, 0) is 10.8 Å². The Labute approximate surface area is 96.9 Å². The van der Waals surface area contributed by atoms with E-state index in [9.17, 15) is 4.79 Å². The summed E-state index contributed by atoms with van der Waals surface area (Å²) in [6.45, 7) is 0. The molecule has 0 radical (unpaired) electrons. The van der Waals surface area contributed by atoms with E-state index in [1.807, 2.05) is 0 Å². The molecule has 0 bridgehead atoms. The Balaban J connectivity index is 2.27. The van der Waals surface area contributed by atoms with E-state index in [0.717, 1.165) is 5.56 Å². The topological polar surface area (TPSA) is 107 Å². The first kappa shape index (κ1) is 11.2. The number of tetrazole rings is 1. The lowest BCUT2D eigenvalue weighted by Crippen LogP contribution is -2.20. The number of hydrogen-bond acceptors (Lipinski definition) is 5. The number of carboxylic acids is 1. The van der Waals surface area contributed by atoms with Crippen LogP contribution in [0.5, 0.6) is 0 Å². The Morgan fingerprint density at radius 1 is 1.41 bits per heavy atom. The zero-order chi connectivity index (χ0) is 12.4. The van der Waals surface area contributed by atoms with Crippen LogP contribution < -0.4 is 5.73 Å². The van der Waals surface area contributed by atoms with Gasteiger partial charge in [0.2, 0.25) is 5.82 Å². The van der Waals surface area contributed by atoms with Crippen molar-refractivity contribution < 1.29 is 9.90 Å². The molecular formula is C10H11N5O2. The van der Waals surface area contributed by atoms with Gasteiger partial charge in [0.05, 0.1) is 7.05 Å². The lowest BCUT2D eigenvalue weighted by Gasteiger charge is -2.06. The third-order valence-corrected chi connectivity index (χ3v) is 2.30. The molecule has 1 unspecified atom stereocenters. The Morgan fingerprint density at radius 3 is 2.53 bits per heavy atom. The van der Waals surface area contributed by atoms with Gasteiger partial charge < -0.3 is 10.8 Å². The molecule has 1 aromatic heterocycles. The smallest absolute Gasteiger partial charge is 0.325 e. The highest BCUT2D eigenvalue weighted by Crippen LogP contribution is 2.17. The molecule has 2 aromatic rings. The normalized spacial score (nSPS) is 12.4. The van der Waals surface area contributed by atoms with Crippen molar-refractivity contribution in [2.75, 3.05) is 0 Å². The van der Waals surface area contributed by atoms with Crippen LogP contribution in [0.2, 0.25) is 0 Å². The van der Waals surface area contributed by atoms with Crippen LogP contribution in [-0.2, 0) is 11.8 Å². The summed E-state index contributed by atoms with van der Waals surface area (Å²) in [5, 5.41) is 20.4. The Hall–Kier alpha value is -2.28. The molecule has 0 aliphatic heterocycles. The van der Waals surface area contributed by atoms with Gasteiger partial charge in [0.1, 0.15) is 6.04 Å². The summed E-state index contributed by atoms with van der Waals surface area (Å²) in [5.41, 5.74) is 6.78. The lowest BCUT2D eigenvalue weighted by atomic mass is 10.1. The number of aromatic nitrogens is 4. The molecular weight excluding hydrogens is 222 g/mol. The molecule has 17 heavy (non-hydrogen) atoms. The average Bonchev–Trinajstić information content (AvgIpc) is 2.75. The van der Waals surface area contributed by atoms with Crippen LogP contribution in [0.25, 0.3) is 11.4 Å². The summed E-state index contributed by atoms with van der Waals surface area (Å²) < 4.78 is 0. The van der Waals surface area contributed by atoms with Crippen LogP contribution in [-0.4, -0.2) is 31.3 Å². The minimum Gasteiger partial charge on any atom is -0.480 e. The van der Waals surface area contributed by atoms with Crippen LogP contribution in [0, 0.1) is 0 Å². The fourth-order valence-corrected chi connectivity index (χ4v) is 1.38. The van der Waals surface area contributed by atoms with Crippen LogP contribution in [0.15, 0.2) is 24.3 Å². The molecule has 7 nitrogen and oxygen atoms in total. The second-order valence-electron chi connectivity index (χ2n) is 3.54. The van der Waals surface area contributed by atoms with E-state index >= 15 is 0 Å². The summed E-state index contributed by atoms with van der Waals surface area (Å²) in [4.78, 5) is 12.0. The Morgan fingerprint density at radius 2 is 2.06 bits per heavy atom. The van der Waals surface area contributed by atoms with E-state index in [4.69, 9.17) is 10.8 Å². The molecule has 0 saturated heterocycles. The highest BCUT2D eigenvalue weighted by atomic mass is 16.4.